The molecule has 8 heteroatoms. The first-order chi connectivity index (χ1) is 12.2. The van der Waals surface area contributed by atoms with E-state index in [9.17, 15) is 4.21 Å². The van der Waals surface area contributed by atoms with Gasteiger partial charge in [0.1, 0.15) is 5.75 Å². The average molecular weight is 398 g/mol. The zero-order valence-electron chi connectivity index (χ0n) is 15.3. The van der Waals surface area contributed by atoms with Gasteiger partial charge in [0.25, 0.3) is 0 Å². The van der Waals surface area contributed by atoms with E-state index in [1.807, 2.05) is 37.3 Å². The Labute approximate surface area is 198 Å². The van der Waals surface area contributed by atoms with Crippen molar-refractivity contribution in [2.75, 3.05) is 20.3 Å². The van der Waals surface area contributed by atoms with E-state index < -0.39 is 10.8 Å². The second-order valence-electron chi connectivity index (χ2n) is 5.56. The summed E-state index contributed by atoms with van der Waals surface area (Å²) in [5.74, 6) is 1.02. The van der Waals surface area contributed by atoms with Crippen LogP contribution < -0.4 is 61.1 Å². The third kappa shape index (κ3) is 5.45. The van der Waals surface area contributed by atoms with Crippen LogP contribution in [0.5, 0.6) is 5.75 Å². The predicted molar refractivity (Wildman–Crippen MR) is 96.1 cm³/mol. The zero-order valence-corrected chi connectivity index (χ0v) is 19.2. The molecular formula is C18H20KN3O3S. The minimum atomic E-state index is -1.35. The fraction of sp³-hybridized carbons (Fsp3) is 0.333. The summed E-state index contributed by atoms with van der Waals surface area (Å²) >= 11 is 0. The number of rotatable bonds is 8. The molecule has 1 aromatic carbocycles. The quantitative estimate of drug-likeness (QED) is 0.381. The molecular weight excluding hydrogens is 377 g/mol. The van der Waals surface area contributed by atoms with Crippen LogP contribution >= 0.6 is 0 Å². The second-order valence-corrected chi connectivity index (χ2v) is 6.91. The molecule has 0 saturated carbocycles. The summed E-state index contributed by atoms with van der Waals surface area (Å²) in [6, 6.07) is 9.32. The number of para-hydroxylation sites is 2. The molecule has 0 bridgehead atoms. The van der Waals surface area contributed by atoms with Crippen LogP contribution in [0.3, 0.4) is 0 Å². The van der Waals surface area contributed by atoms with Crippen molar-refractivity contribution in [3.05, 3.63) is 47.8 Å². The number of benzene rings is 1. The SMILES string of the molecule is COCCCOc1ccnc(C[S@@](=O)c2nc3ccccc3[n-]2)c1C.[K+]. The number of imidazole rings is 1. The Hall–Kier alpha value is -0.614. The van der Waals surface area contributed by atoms with Crippen molar-refractivity contribution < 1.29 is 65.1 Å². The topological polar surface area (TPSA) is 75.4 Å². The number of aromatic nitrogens is 3. The van der Waals surface area contributed by atoms with Gasteiger partial charge in [-0.2, -0.15) is 0 Å². The monoisotopic (exact) mass is 397 g/mol. The standard InChI is InChI=1S/C18H20N3O3S.K/c1-13-16(19-9-8-17(13)24-11-5-10-23-2)12-25(22)18-20-14-6-3-4-7-15(14)21-18;/h3-4,6-9H,5,10-12H2,1-2H3;/q-1;+1/t25-;/m1./s1. The van der Waals surface area contributed by atoms with Gasteiger partial charge in [-0.1, -0.05) is 24.3 Å². The first-order valence-corrected chi connectivity index (χ1v) is 9.35. The van der Waals surface area contributed by atoms with E-state index in [1.165, 1.54) is 0 Å². The Bertz CT molecular complexity index is 852. The molecule has 0 saturated heterocycles. The van der Waals surface area contributed by atoms with Gasteiger partial charge in [0.15, 0.2) is 0 Å². The van der Waals surface area contributed by atoms with Crippen LogP contribution in [0.2, 0.25) is 0 Å². The molecule has 0 amide bonds. The average Bonchev–Trinajstić information content (AvgIpc) is 3.06. The molecule has 0 aliphatic rings. The fourth-order valence-electron chi connectivity index (χ4n) is 2.42. The molecule has 2 aromatic heterocycles. The summed E-state index contributed by atoms with van der Waals surface area (Å²) in [5, 5.41) is 0.341. The van der Waals surface area contributed by atoms with Gasteiger partial charge in [-0.05, 0) is 24.0 Å². The summed E-state index contributed by atoms with van der Waals surface area (Å²) in [7, 11) is 0.312. The maximum atomic E-state index is 12.6. The van der Waals surface area contributed by atoms with E-state index in [0.29, 0.717) is 18.4 Å². The molecule has 3 aromatic rings. The Morgan fingerprint density at radius 2 is 2.00 bits per heavy atom. The van der Waals surface area contributed by atoms with Crippen molar-refractivity contribution in [1.29, 1.82) is 0 Å². The summed E-state index contributed by atoms with van der Waals surface area (Å²) in [6.07, 6.45) is 2.49. The molecule has 0 unspecified atom stereocenters. The fourth-order valence-corrected chi connectivity index (χ4v) is 3.49. The number of nitrogens with zero attached hydrogens (tertiary/aromatic N) is 3. The van der Waals surface area contributed by atoms with Crippen LogP contribution in [0, 0.1) is 6.92 Å². The Kier molecular flexibility index (Phi) is 8.88. The Morgan fingerprint density at radius 1 is 1.19 bits per heavy atom. The summed E-state index contributed by atoms with van der Waals surface area (Å²) < 4.78 is 23.4. The third-order valence-electron chi connectivity index (χ3n) is 3.79. The molecule has 0 N–H and O–H groups in total. The van der Waals surface area contributed by atoms with E-state index in [0.717, 1.165) is 34.5 Å². The number of pyridine rings is 1. The Morgan fingerprint density at radius 3 is 2.77 bits per heavy atom. The van der Waals surface area contributed by atoms with Crippen LogP contribution in [0.4, 0.5) is 0 Å². The van der Waals surface area contributed by atoms with Crippen molar-refractivity contribution in [2.45, 2.75) is 24.3 Å². The van der Waals surface area contributed by atoms with E-state index in [2.05, 4.69) is 15.0 Å². The number of hydrogen-bond donors (Lipinski definition) is 0. The van der Waals surface area contributed by atoms with Crippen molar-refractivity contribution in [3.63, 3.8) is 0 Å². The maximum absolute atomic E-state index is 12.6. The van der Waals surface area contributed by atoms with Gasteiger partial charge in [-0.25, -0.2) is 0 Å². The molecule has 2 heterocycles. The first kappa shape index (κ1) is 21.7. The minimum absolute atomic E-state index is 0. The molecule has 26 heavy (non-hydrogen) atoms. The Balaban J connectivity index is 0.00000243. The van der Waals surface area contributed by atoms with Gasteiger partial charge >= 0.3 is 51.4 Å². The molecule has 0 fully saturated rings. The van der Waals surface area contributed by atoms with Crippen LogP contribution in [-0.2, 0) is 21.3 Å². The summed E-state index contributed by atoms with van der Waals surface area (Å²) in [4.78, 5) is 13.0. The van der Waals surface area contributed by atoms with E-state index in [-0.39, 0.29) is 57.1 Å². The number of hydrogen-bond acceptors (Lipinski definition) is 5. The third-order valence-corrected chi connectivity index (χ3v) is 4.92. The molecule has 0 aliphatic heterocycles. The van der Waals surface area contributed by atoms with Gasteiger partial charge < -0.3 is 19.4 Å². The van der Waals surface area contributed by atoms with E-state index in [4.69, 9.17) is 9.47 Å². The van der Waals surface area contributed by atoms with Gasteiger partial charge in [0.2, 0.25) is 0 Å². The van der Waals surface area contributed by atoms with E-state index in [1.54, 1.807) is 13.3 Å². The second kappa shape index (κ2) is 10.7. The maximum Gasteiger partial charge on any atom is 1.00 e. The van der Waals surface area contributed by atoms with Crippen molar-refractivity contribution in [3.8, 4) is 5.75 Å². The molecule has 6 nitrogen and oxygen atoms in total. The van der Waals surface area contributed by atoms with Crippen molar-refractivity contribution in [2.24, 2.45) is 0 Å². The summed E-state index contributed by atoms with van der Waals surface area (Å²) in [6.45, 7) is 3.15. The van der Waals surface area contributed by atoms with Crippen LogP contribution in [0.25, 0.3) is 11.0 Å². The van der Waals surface area contributed by atoms with E-state index >= 15 is 0 Å². The minimum Gasteiger partial charge on any atom is -0.493 e. The zero-order chi connectivity index (χ0) is 17.6. The molecule has 1 atom stereocenters. The molecule has 0 radical (unpaired) electrons. The molecule has 132 valence electrons. The number of ether oxygens (including phenoxy) is 2. The van der Waals surface area contributed by atoms with Crippen LogP contribution in [-0.4, -0.2) is 34.5 Å². The van der Waals surface area contributed by atoms with Gasteiger partial charge in [-0.3, -0.25) is 9.19 Å². The van der Waals surface area contributed by atoms with Crippen molar-refractivity contribution in [1.82, 2.24) is 15.0 Å². The first-order valence-electron chi connectivity index (χ1n) is 8.03. The normalized spacial score (nSPS) is 11.9. The largest absolute Gasteiger partial charge is 1.00 e. The van der Waals surface area contributed by atoms with Gasteiger partial charge in [-0.15, -0.1) is 0 Å². The number of fused-ring (bicyclic) bond motifs is 1. The molecule has 0 aliphatic carbocycles. The van der Waals surface area contributed by atoms with Gasteiger partial charge in [0.05, 0.1) is 28.9 Å². The smallest absolute Gasteiger partial charge is 0.493 e. The predicted octanol–water partition coefficient (Wildman–Crippen LogP) is -0.377. The van der Waals surface area contributed by atoms with Crippen molar-refractivity contribution >= 4 is 21.8 Å². The van der Waals surface area contributed by atoms with Crippen LogP contribution in [0.15, 0.2) is 41.7 Å². The van der Waals surface area contributed by atoms with Gasteiger partial charge in [0, 0.05) is 37.1 Å². The summed E-state index contributed by atoms with van der Waals surface area (Å²) in [5.41, 5.74) is 3.14. The molecule has 0 spiro atoms. The molecule has 3 rings (SSSR count). The van der Waals surface area contributed by atoms with Crippen LogP contribution in [0.1, 0.15) is 17.7 Å². The number of methoxy groups -OCH3 is 1.